The van der Waals surface area contributed by atoms with Crippen LogP contribution in [0.1, 0.15) is 47.5 Å². The molecule has 2 aliphatic heterocycles. The van der Waals surface area contributed by atoms with Gasteiger partial charge in [-0.25, -0.2) is 0 Å². The molecule has 1 aromatic carbocycles. The summed E-state index contributed by atoms with van der Waals surface area (Å²) in [6.45, 7) is 2.60. The second-order valence-electron chi connectivity index (χ2n) is 9.43. The van der Waals surface area contributed by atoms with Crippen molar-refractivity contribution in [3.63, 3.8) is 0 Å². The van der Waals surface area contributed by atoms with Gasteiger partial charge in [-0.1, -0.05) is 36.4 Å². The Kier molecular flexibility index (Phi) is 6.30. The van der Waals surface area contributed by atoms with E-state index in [1.54, 1.807) is 6.07 Å². The van der Waals surface area contributed by atoms with Crippen LogP contribution in [0.4, 0.5) is 0 Å². The molecule has 0 spiro atoms. The van der Waals surface area contributed by atoms with E-state index in [2.05, 4.69) is 4.90 Å². The SMILES string of the molecule is COC(=O)C[C@@H](c1ccccc1)c1oc(CN2C[C@H]3C[C@@H](C2)c2cccc(=O)n2C3)cc(=O)c1O. The van der Waals surface area contributed by atoms with Gasteiger partial charge in [0.2, 0.25) is 11.2 Å². The summed E-state index contributed by atoms with van der Waals surface area (Å²) in [6.07, 6.45) is 0.958. The van der Waals surface area contributed by atoms with E-state index >= 15 is 0 Å². The van der Waals surface area contributed by atoms with Crippen molar-refractivity contribution >= 4 is 5.97 Å². The maximum Gasteiger partial charge on any atom is 0.306 e. The largest absolute Gasteiger partial charge is 0.502 e. The number of fused-ring (bicyclic) bond motifs is 4. The lowest BCUT2D eigenvalue weighted by Crippen LogP contribution is -2.46. The van der Waals surface area contributed by atoms with Crippen LogP contribution in [-0.4, -0.2) is 40.7 Å². The highest BCUT2D eigenvalue weighted by Crippen LogP contribution is 2.37. The van der Waals surface area contributed by atoms with Gasteiger partial charge in [-0.2, -0.15) is 0 Å². The number of likely N-dealkylation sites (tertiary alicyclic amines) is 1. The Labute approximate surface area is 202 Å². The number of hydrogen-bond acceptors (Lipinski definition) is 7. The number of nitrogens with zero attached hydrogens (tertiary/aromatic N) is 2. The molecule has 35 heavy (non-hydrogen) atoms. The molecule has 2 bridgehead atoms. The van der Waals surface area contributed by atoms with E-state index in [0.717, 1.165) is 30.8 Å². The number of carbonyl (C=O) groups excluding carboxylic acids is 1. The Hall–Kier alpha value is -3.65. The van der Waals surface area contributed by atoms with Crippen LogP contribution in [0.2, 0.25) is 0 Å². The fraction of sp³-hybridized carbons (Fsp3) is 0.370. The van der Waals surface area contributed by atoms with Crippen LogP contribution in [0.5, 0.6) is 5.75 Å². The maximum atomic E-state index is 12.7. The van der Waals surface area contributed by atoms with Gasteiger partial charge in [-0.05, 0) is 24.0 Å². The maximum absolute atomic E-state index is 12.7. The van der Waals surface area contributed by atoms with Crippen LogP contribution in [0.15, 0.2) is 68.6 Å². The van der Waals surface area contributed by atoms with Gasteiger partial charge < -0.3 is 18.8 Å². The summed E-state index contributed by atoms with van der Waals surface area (Å²) in [5.74, 6) is -0.551. The van der Waals surface area contributed by atoms with Gasteiger partial charge in [0.1, 0.15) is 5.76 Å². The molecule has 5 rings (SSSR count). The minimum atomic E-state index is -0.657. The number of rotatable bonds is 6. The predicted molar refractivity (Wildman–Crippen MR) is 128 cm³/mol. The summed E-state index contributed by atoms with van der Waals surface area (Å²) in [5.41, 5.74) is 1.29. The van der Waals surface area contributed by atoms with Crippen molar-refractivity contribution in [2.75, 3.05) is 20.2 Å². The fourth-order valence-electron chi connectivity index (χ4n) is 5.51. The highest BCUT2D eigenvalue weighted by molar-refractivity contribution is 5.71. The second-order valence-corrected chi connectivity index (χ2v) is 9.43. The standard InChI is InChI=1S/C27H28N2O6/c1-34-25(32)12-21(18-6-3-2-4-7-18)27-26(33)23(30)11-20(35-27)16-28-13-17-10-19(15-28)22-8-5-9-24(31)29(22)14-17/h2-9,11,17,19,21,33H,10,12-16H2,1H3/t17-,19+,21+/m1/s1. The number of carbonyl (C=O) groups is 1. The molecule has 0 saturated carbocycles. The summed E-state index contributed by atoms with van der Waals surface area (Å²) in [6, 6.07) is 15.9. The number of esters is 1. The fourth-order valence-corrected chi connectivity index (χ4v) is 5.51. The van der Waals surface area contributed by atoms with Crippen LogP contribution >= 0.6 is 0 Å². The van der Waals surface area contributed by atoms with Gasteiger partial charge in [0, 0.05) is 43.4 Å². The molecule has 1 saturated heterocycles. The van der Waals surface area contributed by atoms with Gasteiger partial charge in [0.25, 0.3) is 5.56 Å². The molecule has 0 radical (unpaired) electrons. The zero-order chi connectivity index (χ0) is 24.5. The average Bonchev–Trinajstić information content (AvgIpc) is 2.86. The minimum Gasteiger partial charge on any atom is -0.502 e. The minimum absolute atomic E-state index is 0.0392. The highest BCUT2D eigenvalue weighted by Gasteiger charge is 2.35. The number of hydrogen-bond donors (Lipinski definition) is 1. The third kappa shape index (κ3) is 4.66. The summed E-state index contributed by atoms with van der Waals surface area (Å²) in [7, 11) is 1.30. The van der Waals surface area contributed by atoms with Crippen LogP contribution in [0, 0.1) is 5.92 Å². The number of benzene rings is 1. The van der Waals surface area contributed by atoms with Gasteiger partial charge in [-0.3, -0.25) is 19.3 Å². The van der Waals surface area contributed by atoms with E-state index in [4.69, 9.17) is 9.15 Å². The van der Waals surface area contributed by atoms with E-state index in [1.165, 1.54) is 13.2 Å². The molecule has 3 aromatic rings. The first-order chi connectivity index (χ1) is 16.9. The normalized spacial score (nSPS) is 20.1. The number of ether oxygens (including phenoxy) is 1. The predicted octanol–water partition coefficient (Wildman–Crippen LogP) is 2.82. The van der Waals surface area contributed by atoms with Crippen molar-refractivity contribution in [1.29, 1.82) is 0 Å². The topological polar surface area (TPSA) is 102 Å². The third-order valence-electron chi connectivity index (χ3n) is 7.05. The molecular formula is C27H28N2O6. The van der Waals surface area contributed by atoms with Crippen LogP contribution < -0.4 is 11.0 Å². The average molecular weight is 477 g/mol. The lowest BCUT2D eigenvalue weighted by molar-refractivity contribution is -0.140. The molecule has 8 heteroatoms. The van der Waals surface area contributed by atoms with Gasteiger partial charge >= 0.3 is 5.97 Å². The summed E-state index contributed by atoms with van der Waals surface area (Å²) in [4.78, 5) is 39.4. The first-order valence-electron chi connectivity index (χ1n) is 11.8. The Morgan fingerprint density at radius 3 is 2.69 bits per heavy atom. The number of piperidine rings is 1. The van der Waals surface area contributed by atoms with Crippen molar-refractivity contribution in [3.05, 3.63) is 98.0 Å². The molecule has 0 amide bonds. The molecule has 182 valence electrons. The highest BCUT2D eigenvalue weighted by atomic mass is 16.5. The molecule has 2 aromatic heterocycles. The first-order valence-corrected chi connectivity index (χ1v) is 11.8. The monoisotopic (exact) mass is 476 g/mol. The van der Waals surface area contributed by atoms with E-state index in [0.29, 0.717) is 24.8 Å². The Morgan fingerprint density at radius 2 is 1.91 bits per heavy atom. The van der Waals surface area contributed by atoms with Crippen molar-refractivity contribution in [3.8, 4) is 5.75 Å². The van der Waals surface area contributed by atoms with Crippen molar-refractivity contribution in [2.24, 2.45) is 5.92 Å². The van der Waals surface area contributed by atoms with Crippen molar-refractivity contribution in [2.45, 2.75) is 37.8 Å². The summed E-state index contributed by atoms with van der Waals surface area (Å²) in [5, 5.41) is 10.6. The second kappa shape index (κ2) is 9.54. The number of aromatic nitrogens is 1. The molecule has 4 heterocycles. The summed E-state index contributed by atoms with van der Waals surface area (Å²) >= 11 is 0. The van der Waals surface area contributed by atoms with Gasteiger partial charge in [-0.15, -0.1) is 0 Å². The van der Waals surface area contributed by atoms with Crippen molar-refractivity contribution in [1.82, 2.24) is 9.47 Å². The Morgan fingerprint density at radius 1 is 1.11 bits per heavy atom. The van der Waals surface area contributed by atoms with Crippen LogP contribution in [0.25, 0.3) is 0 Å². The van der Waals surface area contributed by atoms with E-state index < -0.39 is 23.1 Å². The molecule has 1 fully saturated rings. The quantitative estimate of drug-likeness (QED) is 0.546. The molecular weight excluding hydrogens is 448 g/mol. The number of aromatic hydroxyl groups is 1. The lowest BCUT2D eigenvalue weighted by atomic mass is 9.83. The van der Waals surface area contributed by atoms with E-state index in [1.807, 2.05) is 47.0 Å². The van der Waals surface area contributed by atoms with Crippen LogP contribution in [-0.2, 0) is 22.6 Å². The van der Waals surface area contributed by atoms with Gasteiger partial charge in [0.15, 0.2) is 5.76 Å². The first kappa shape index (κ1) is 23.1. The van der Waals surface area contributed by atoms with E-state index in [-0.39, 0.29) is 23.7 Å². The van der Waals surface area contributed by atoms with Crippen molar-refractivity contribution < 1.29 is 19.1 Å². The number of methoxy groups -OCH3 is 1. The molecule has 8 nitrogen and oxygen atoms in total. The smallest absolute Gasteiger partial charge is 0.306 e. The molecule has 2 aliphatic rings. The Balaban J connectivity index is 1.44. The molecule has 0 unspecified atom stereocenters. The molecule has 1 N–H and O–H groups in total. The van der Waals surface area contributed by atoms with E-state index in [9.17, 15) is 19.5 Å². The molecule has 0 aliphatic carbocycles. The summed E-state index contributed by atoms with van der Waals surface area (Å²) < 4.78 is 12.8. The van der Waals surface area contributed by atoms with Crippen LogP contribution in [0.3, 0.4) is 0 Å². The third-order valence-corrected chi connectivity index (χ3v) is 7.05. The Bertz CT molecular complexity index is 1350. The van der Waals surface area contributed by atoms with Gasteiger partial charge in [0.05, 0.1) is 26.0 Å². The zero-order valence-corrected chi connectivity index (χ0v) is 19.6. The lowest BCUT2D eigenvalue weighted by Gasteiger charge is -2.42. The molecule has 3 atom stereocenters. The zero-order valence-electron chi connectivity index (χ0n) is 19.6. The number of pyridine rings is 1.